The Morgan fingerprint density at radius 1 is 1.33 bits per heavy atom. The quantitative estimate of drug-likeness (QED) is 0.604. The van der Waals surface area contributed by atoms with E-state index in [0.29, 0.717) is 17.9 Å². The highest BCUT2D eigenvalue weighted by atomic mass is 16.5. The van der Waals surface area contributed by atoms with Gasteiger partial charge in [0.1, 0.15) is 5.75 Å². The standard InChI is InChI=1S/C15H21NO2/c1-15(2,3)11-5-6-14(18-4)12(9-11)13(17)10-16-7-8-16/h5-6,9H,7-8,10H2,1-4H3. The van der Waals surface area contributed by atoms with Crippen molar-refractivity contribution in [1.29, 1.82) is 0 Å². The van der Waals surface area contributed by atoms with Gasteiger partial charge < -0.3 is 4.74 Å². The van der Waals surface area contributed by atoms with E-state index in [-0.39, 0.29) is 11.2 Å². The second-order valence-corrected chi connectivity index (χ2v) is 5.86. The SMILES string of the molecule is COc1ccc(C(C)(C)C)cc1C(=O)CN1CC1. The summed E-state index contributed by atoms with van der Waals surface area (Å²) >= 11 is 0. The van der Waals surface area contributed by atoms with Crippen LogP contribution >= 0.6 is 0 Å². The molecule has 0 spiro atoms. The monoisotopic (exact) mass is 247 g/mol. The summed E-state index contributed by atoms with van der Waals surface area (Å²) in [7, 11) is 1.61. The Hall–Kier alpha value is -1.35. The average molecular weight is 247 g/mol. The summed E-state index contributed by atoms with van der Waals surface area (Å²) in [5, 5.41) is 0. The molecule has 0 aliphatic carbocycles. The van der Waals surface area contributed by atoms with E-state index in [2.05, 4.69) is 25.7 Å². The Balaban J connectivity index is 2.32. The van der Waals surface area contributed by atoms with Gasteiger partial charge in [0.05, 0.1) is 19.2 Å². The Morgan fingerprint density at radius 2 is 2.00 bits per heavy atom. The highest BCUT2D eigenvalue weighted by molar-refractivity contribution is 6.00. The molecule has 1 aliphatic rings. The van der Waals surface area contributed by atoms with Gasteiger partial charge >= 0.3 is 0 Å². The minimum atomic E-state index is 0.0428. The van der Waals surface area contributed by atoms with E-state index < -0.39 is 0 Å². The number of rotatable bonds is 4. The number of nitrogens with zero attached hydrogens (tertiary/aromatic N) is 1. The zero-order valence-electron chi connectivity index (χ0n) is 11.6. The maximum Gasteiger partial charge on any atom is 0.180 e. The van der Waals surface area contributed by atoms with Gasteiger partial charge in [-0.2, -0.15) is 0 Å². The number of benzene rings is 1. The van der Waals surface area contributed by atoms with Crippen LogP contribution in [0.4, 0.5) is 0 Å². The molecule has 3 heteroatoms. The molecule has 1 heterocycles. The lowest BCUT2D eigenvalue weighted by molar-refractivity contribution is 0.0971. The van der Waals surface area contributed by atoms with E-state index in [1.54, 1.807) is 7.11 Å². The van der Waals surface area contributed by atoms with Gasteiger partial charge in [0.2, 0.25) is 0 Å². The van der Waals surface area contributed by atoms with Crippen molar-refractivity contribution in [2.24, 2.45) is 0 Å². The van der Waals surface area contributed by atoms with Crippen LogP contribution in [0, 0.1) is 0 Å². The van der Waals surface area contributed by atoms with Crippen molar-refractivity contribution in [3.8, 4) is 5.75 Å². The van der Waals surface area contributed by atoms with E-state index >= 15 is 0 Å². The number of hydrogen-bond acceptors (Lipinski definition) is 3. The Labute approximate surface area is 109 Å². The van der Waals surface area contributed by atoms with Crippen LogP contribution in [0.2, 0.25) is 0 Å². The second-order valence-electron chi connectivity index (χ2n) is 5.86. The normalized spacial score (nSPS) is 15.6. The molecule has 1 aromatic rings. The van der Waals surface area contributed by atoms with E-state index in [1.165, 1.54) is 0 Å². The van der Waals surface area contributed by atoms with Crippen molar-refractivity contribution < 1.29 is 9.53 Å². The predicted octanol–water partition coefficient (Wildman–Crippen LogP) is 2.49. The fourth-order valence-corrected chi connectivity index (χ4v) is 1.91. The van der Waals surface area contributed by atoms with E-state index in [9.17, 15) is 4.79 Å². The third-order valence-corrected chi connectivity index (χ3v) is 3.27. The lowest BCUT2D eigenvalue weighted by Gasteiger charge is -2.20. The van der Waals surface area contributed by atoms with Gasteiger partial charge in [-0.15, -0.1) is 0 Å². The lowest BCUT2D eigenvalue weighted by Crippen LogP contribution is -2.17. The van der Waals surface area contributed by atoms with Crippen molar-refractivity contribution >= 4 is 5.78 Å². The number of Topliss-reactive ketones (excluding diaryl/α,β-unsaturated/α-hetero) is 1. The first-order valence-electron chi connectivity index (χ1n) is 6.36. The minimum absolute atomic E-state index is 0.0428. The van der Waals surface area contributed by atoms with Crippen LogP contribution in [0.5, 0.6) is 5.75 Å². The number of ether oxygens (including phenoxy) is 1. The fourth-order valence-electron chi connectivity index (χ4n) is 1.91. The van der Waals surface area contributed by atoms with Crippen LogP contribution < -0.4 is 4.74 Å². The summed E-state index contributed by atoms with van der Waals surface area (Å²) in [6, 6.07) is 5.91. The first-order valence-corrected chi connectivity index (χ1v) is 6.36. The van der Waals surface area contributed by atoms with Crippen LogP contribution in [-0.2, 0) is 5.41 Å². The smallest absolute Gasteiger partial charge is 0.180 e. The van der Waals surface area contributed by atoms with Crippen molar-refractivity contribution in [2.45, 2.75) is 26.2 Å². The van der Waals surface area contributed by atoms with Gasteiger partial charge in [-0.1, -0.05) is 26.8 Å². The maximum atomic E-state index is 12.2. The molecule has 0 N–H and O–H groups in total. The third-order valence-electron chi connectivity index (χ3n) is 3.27. The molecule has 0 unspecified atom stereocenters. The molecule has 0 saturated carbocycles. The molecule has 1 aliphatic heterocycles. The molecule has 1 aromatic carbocycles. The molecule has 1 saturated heterocycles. The summed E-state index contributed by atoms with van der Waals surface area (Å²) in [5.74, 6) is 0.824. The number of methoxy groups -OCH3 is 1. The van der Waals surface area contributed by atoms with Gasteiger partial charge in [-0.3, -0.25) is 9.69 Å². The summed E-state index contributed by atoms with van der Waals surface area (Å²) in [6.07, 6.45) is 0. The van der Waals surface area contributed by atoms with Gasteiger partial charge in [-0.25, -0.2) is 0 Å². The van der Waals surface area contributed by atoms with E-state index in [4.69, 9.17) is 4.74 Å². The highest BCUT2D eigenvalue weighted by Gasteiger charge is 2.24. The molecule has 0 radical (unpaired) electrons. The van der Waals surface area contributed by atoms with E-state index in [0.717, 1.165) is 18.7 Å². The maximum absolute atomic E-state index is 12.2. The molecular formula is C15H21NO2. The molecule has 1 fully saturated rings. The summed E-state index contributed by atoms with van der Waals surface area (Å²) < 4.78 is 5.30. The Morgan fingerprint density at radius 3 is 2.50 bits per heavy atom. The molecule has 0 amide bonds. The molecule has 3 nitrogen and oxygen atoms in total. The number of ketones is 1. The Kier molecular flexibility index (Phi) is 3.44. The molecule has 0 bridgehead atoms. The number of carbonyl (C=O) groups excluding carboxylic acids is 1. The average Bonchev–Trinajstić information content (AvgIpc) is 3.10. The summed E-state index contributed by atoms with van der Waals surface area (Å²) in [4.78, 5) is 14.3. The van der Waals surface area contributed by atoms with Gasteiger partial charge in [0, 0.05) is 13.1 Å². The van der Waals surface area contributed by atoms with Crippen molar-refractivity contribution in [2.75, 3.05) is 26.7 Å². The lowest BCUT2D eigenvalue weighted by atomic mass is 9.85. The van der Waals surface area contributed by atoms with Gasteiger partial charge in [0.15, 0.2) is 5.78 Å². The fraction of sp³-hybridized carbons (Fsp3) is 0.533. The first-order chi connectivity index (χ1) is 8.41. The third kappa shape index (κ3) is 2.91. The molecule has 0 atom stereocenters. The topological polar surface area (TPSA) is 29.3 Å². The minimum Gasteiger partial charge on any atom is -0.496 e. The van der Waals surface area contributed by atoms with Crippen molar-refractivity contribution in [3.05, 3.63) is 29.3 Å². The largest absolute Gasteiger partial charge is 0.496 e. The van der Waals surface area contributed by atoms with Crippen LogP contribution in [0.3, 0.4) is 0 Å². The highest BCUT2D eigenvalue weighted by Crippen LogP contribution is 2.28. The predicted molar refractivity (Wildman–Crippen MR) is 72.5 cm³/mol. The zero-order valence-corrected chi connectivity index (χ0v) is 11.6. The van der Waals surface area contributed by atoms with E-state index in [1.807, 2.05) is 18.2 Å². The van der Waals surface area contributed by atoms with Gasteiger partial charge in [0.25, 0.3) is 0 Å². The summed E-state index contributed by atoms with van der Waals surface area (Å²) in [6.45, 7) is 9.01. The molecular weight excluding hydrogens is 226 g/mol. The Bertz CT molecular complexity index is 456. The van der Waals surface area contributed by atoms with Crippen LogP contribution in [-0.4, -0.2) is 37.4 Å². The molecule has 98 valence electrons. The summed E-state index contributed by atoms with van der Waals surface area (Å²) in [5.41, 5.74) is 1.91. The van der Waals surface area contributed by atoms with Crippen molar-refractivity contribution in [3.63, 3.8) is 0 Å². The molecule has 0 aromatic heterocycles. The molecule has 2 rings (SSSR count). The number of hydrogen-bond donors (Lipinski definition) is 0. The first kappa shape index (κ1) is 13.1. The molecule has 18 heavy (non-hydrogen) atoms. The van der Waals surface area contributed by atoms with Crippen LogP contribution in [0.15, 0.2) is 18.2 Å². The number of carbonyl (C=O) groups is 1. The van der Waals surface area contributed by atoms with Crippen LogP contribution in [0.25, 0.3) is 0 Å². The zero-order chi connectivity index (χ0) is 13.3. The van der Waals surface area contributed by atoms with Gasteiger partial charge in [-0.05, 0) is 23.1 Å². The van der Waals surface area contributed by atoms with Crippen LogP contribution in [0.1, 0.15) is 36.7 Å². The second kappa shape index (κ2) is 4.73. The van der Waals surface area contributed by atoms with Crippen molar-refractivity contribution in [1.82, 2.24) is 4.90 Å².